The molecule has 158 valence electrons. The van der Waals surface area contributed by atoms with Crippen molar-refractivity contribution in [1.29, 1.82) is 0 Å². The number of pyridine rings is 1. The summed E-state index contributed by atoms with van der Waals surface area (Å²) >= 11 is 0. The number of aromatic nitrogens is 1. The van der Waals surface area contributed by atoms with Gasteiger partial charge in [0.15, 0.2) is 0 Å². The van der Waals surface area contributed by atoms with Crippen LogP contribution in [-0.2, 0) is 5.54 Å². The first-order valence-corrected chi connectivity index (χ1v) is 9.73. The Balaban J connectivity index is 1.74. The predicted molar refractivity (Wildman–Crippen MR) is 114 cm³/mol. The van der Waals surface area contributed by atoms with Crippen molar-refractivity contribution >= 4 is 11.8 Å². The SMILES string of the molecule is C[C@]1(O)C[C@](NC(=O)O)(c2ccc(-c3ncc([N+](=O)[O-])cc3-c3ccccc3)cc2)C1. The number of rotatable bonds is 5. The van der Waals surface area contributed by atoms with Gasteiger partial charge < -0.3 is 15.5 Å². The van der Waals surface area contributed by atoms with Crippen molar-refractivity contribution in [2.45, 2.75) is 30.9 Å². The zero-order valence-corrected chi connectivity index (χ0v) is 16.8. The Morgan fingerprint density at radius 3 is 2.29 bits per heavy atom. The molecule has 1 amide bonds. The minimum atomic E-state index is -1.15. The molecule has 0 radical (unpaired) electrons. The molecule has 8 heteroatoms. The van der Waals surface area contributed by atoms with Gasteiger partial charge in [0, 0.05) is 30.0 Å². The molecule has 0 saturated heterocycles. The van der Waals surface area contributed by atoms with Crippen LogP contribution in [0.3, 0.4) is 0 Å². The molecule has 0 spiro atoms. The number of carboxylic acid groups (broad SMARTS) is 1. The minimum Gasteiger partial charge on any atom is -0.465 e. The lowest BCUT2D eigenvalue weighted by molar-refractivity contribution is -0.385. The highest BCUT2D eigenvalue weighted by atomic mass is 16.6. The number of hydrogen-bond donors (Lipinski definition) is 3. The number of nitrogens with one attached hydrogen (secondary N) is 1. The van der Waals surface area contributed by atoms with Crippen LogP contribution in [0, 0.1) is 10.1 Å². The van der Waals surface area contributed by atoms with E-state index in [0.29, 0.717) is 11.3 Å². The second kappa shape index (κ2) is 7.48. The molecule has 3 aromatic rings. The van der Waals surface area contributed by atoms with E-state index in [2.05, 4.69) is 10.3 Å². The summed E-state index contributed by atoms with van der Waals surface area (Å²) in [6.45, 7) is 1.68. The van der Waals surface area contributed by atoms with Crippen LogP contribution in [0.25, 0.3) is 22.4 Å². The molecule has 4 rings (SSSR count). The number of hydrogen-bond acceptors (Lipinski definition) is 5. The van der Waals surface area contributed by atoms with Crippen molar-refractivity contribution in [1.82, 2.24) is 10.3 Å². The lowest BCUT2D eigenvalue weighted by Gasteiger charge is -2.51. The van der Waals surface area contributed by atoms with E-state index in [1.54, 1.807) is 19.1 Å². The Morgan fingerprint density at radius 1 is 1.10 bits per heavy atom. The predicted octanol–water partition coefficient (Wildman–Crippen LogP) is 4.33. The van der Waals surface area contributed by atoms with Crippen molar-refractivity contribution in [2.75, 3.05) is 0 Å². The molecule has 31 heavy (non-hydrogen) atoms. The smallest absolute Gasteiger partial charge is 0.405 e. The fraction of sp³-hybridized carbons (Fsp3) is 0.217. The molecule has 1 aliphatic rings. The summed E-state index contributed by atoms with van der Waals surface area (Å²) in [7, 11) is 0. The van der Waals surface area contributed by atoms with Crippen molar-refractivity contribution in [3.05, 3.63) is 82.5 Å². The fourth-order valence-electron chi connectivity index (χ4n) is 4.39. The van der Waals surface area contributed by atoms with Crippen LogP contribution >= 0.6 is 0 Å². The van der Waals surface area contributed by atoms with Gasteiger partial charge in [-0.05, 0) is 18.1 Å². The Bertz CT molecular complexity index is 1140. The number of benzene rings is 2. The molecular weight excluding hydrogens is 398 g/mol. The van der Waals surface area contributed by atoms with Gasteiger partial charge >= 0.3 is 6.09 Å². The molecule has 1 heterocycles. The number of aliphatic hydroxyl groups is 1. The zero-order valence-electron chi connectivity index (χ0n) is 16.8. The normalized spacial score (nSPS) is 22.4. The van der Waals surface area contributed by atoms with Crippen molar-refractivity contribution in [3.63, 3.8) is 0 Å². The third-order valence-electron chi connectivity index (χ3n) is 5.59. The molecular formula is C23H21N3O5. The van der Waals surface area contributed by atoms with Gasteiger partial charge in [0.2, 0.25) is 0 Å². The van der Waals surface area contributed by atoms with Gasteiger partial charge in [-0.3, -0.25) is 10.1 Å². The first kappa shape index (κ1) is 20.5. The van der Waals surface area contributed by atoms with Crippen molar-refractivity contribution in [2.24, 2.45) is 0 Å². The van der Waals surface area contributed by atoms with Gasteiger partial charge in [0.05, 0.1) is 21.8 Å². The van der Waals surface area contributed by atoms with Crippen LogP contribution in [0.1, 0.15) is 25.3 Å². The molecule has 8 nitrogen and oxygen atoms in total. The largest absolute Gasteiger partial charge is 0.465 e. The number of amides is 1. The van der Waals surface area contributed by atoms with E-state index in [1.807, 2.05) is 42.5 Å². The van der Waals surface area contributed by atoms with E-state index in [9.17, 15) is 25.1 Å². The molecule has 0 atom stereocenters. The Hall–Kier alpha value is -3.78. The fourth-order valence-corrected chi connectivity index (χ4v) is 4.39. The van der Waals surface area contributed by atoms with Crippen LogP contribution in [0.5, 0.6) is 0 Å². The van der Waals surface area contributed by atoms with Crippen LogP contribution in [0.15, 0.2) is 66.9 Å². The lowest BCUT2D eigenvalue weighted by atomic mass is 9.62. The highest BCUT2D eigenvalue weighted by Gasteiger charge is 2.53. The second-order valence-corrected chi connectivity index (χ2v) is 8.15. The van der Waals surface area contributed by atoms with Gasteiger partial charge in [-0.25, -0.2) is 9.78 Å². The maximum atomic E-state index is 11.3. The van der Waals surface area contributed by atoms with E-state index < -0.39 is 22.2 Å². The van der Waals surface area contributed by atoms with Gasteiger partial charge in [0.1, 0.15) is 6.20 Å². The van der Waals surface area contributed by atoms with Crippen molar-refractivity contribution in [3.8, 4) is 22.4 Å². The lowest BCUT2D eigenvalue weighted by Crippen LogP contribution is -2.61. The molecule has 0 bridgehead atoms. The van der Waals surface area contributed by atoms with E-state index in [4.69, 9.17) is 0 Å². The van der Waals surface area contributed by atoms with E-state index in [-0.39, 0.29) is 18.5 Å². The van der Waals surface area contributed by atoms with Gasteiger partial charge in [-0.1, -0.05) is 54.6 Å². The quantitative estimate of drug-likeness (QED) is 0.417. The maximum Gasteiger partial charge on any atom is 0.405 e. The first-order valence-electron chi connectivity index (χ1n) is 9.73. The molecule has 0 aliphatic heterocycles. The number of nitrogens with zero attached hydrogens (tertiary/aromatic N) is 2. The first-order chi connectivity index (χ1) is 14.7. The van der Waals surface area contributed by atoms with Crippen LogP contribution in [0.2, 0.25) is 0 Å². The number of carbonyl (C=O) groups is 1. The summed E-state index contributed by atoms with van der Waals surface area (Å²) in [5.74, 6) is 0. The topological polar surface area (TPSA) is 126 Å². The van der Waals surface area contributed by atoms with Gasteiger partial charge in [-0.15, -0.1) is 0 Å². The molecule has 1 aromatic heterocycles. The van der Waals surface area contributed by atoms with E-state index >= 15 is 0 Å². The Kier molecular flexibility index (Phi) is 4.94. The molecule has 1 fully saturated rings. The van der Waals surface area contributed by atoms with Gasteiger partial charge in [0.25, 0.3) is 5.69 Å². The van der Waals surface area contributed by atoms with E-state index in [0.717, 1.165) is 16.7 Å². The maximum absolute atomic E-state index is 11.3. The molecule has 0 unspecified atom stereocenters. The third kappa shape index (κ3) is 3.97. The van der Waals surface area contributed by atoms with Crippen LogP contribution in [0.4, 0.5) is 10.5 Å². The molecule has 3 N–H and O–H groups in total. The summed E-state index contributed by atoms with van der Waals surface area (Å²) in [5, 5.41) is 33.2. The summed E-state index contributed by atoms with van der Waals surface area (Å²) in [6, 6.07) is 18.0. The highest BCUT2D eigenvalue weighted by Crippen LogP contribution is 2.48. The van der Waals surface area contributed by atoms with Crippen LogP contribution < -0.4 is 5.32 Å². The number of nitro groups is 1. The zero-order chi connectivity index (χ0) is 22.2. The Morgan fingerprint density at radius 2 is 1.74 bits per heavy atom. The second-order valence-electron chi connectivity index (χ2n) is 8.15. The minimum absolute atomic E-state index is 0.0967. The monoisotopic (exact) mass is 419 g/mol. The molecule has 1 aliphatic carbocycles. The third-order valence-corrected chi connectivity index (χ3v) is 5.59. The van der Waals surface area contributed by atoms with Crippen molar-refractivity contribution < 1.29 is 19.9 Å². The van der Waals surface area contributed by atoms with E-state index in [1.165, 1.54) is 12.3 Å². The highest BCUT2D eigenvalue weighted by molar-refractivity contribution is 5.82. The standard InChI is InChI=1S/C23H21N3O5/c1-22(29)13-23(14-22,25-21(27)28)17-9-7-16(8-10-17)20-19(15-5-3-2-4-6-15)11-18(12-24-20)26(30)31/h2-12,25,29H,13-14H2,1H3,(H,27,28)/t22-,23+. The average molecular weight is 419 g/mol. The Labute approximate surface area is 178 Å². The molecule has 1 saturated carbocycles. The van der Waals surface area contributed by atoms with Gasteiger partial charge in [-0.2, -0.15) is 0 Å². The average Bonchev–Trinajstić information content (AvgIpc) is 2.72. The van der Waals surface area contributed by atoms with Crippen LogP contribution in [-0.4, -0.2) is 31.8 Å². The summed E-state index contributed by atoms with van der Waals surface area (Å²) < 4.78 is 0. The summed E-state index contributed by atoms with van der Waals surface area (Å²) in [4.78, 5) is 26.4. The molecule has 2 aromatic carbocycles. The summed E-state index contributed by atoms with van der Waals surface area (Å²) in [5.41, 5.74) is 1.64. The summed E-state index contributed by atoms with van der Waals surface area (Å²) in [6.07, 6.45) is 0.627.